The van der Waals surface area contributed by atoms with Gasteiger partial charge in [-0.25, -0.2) is 0 Å². The molecule has 1 unspecified atom stereocenters. The van der Waals surface area contributed by atoms with Gasteiger partial charge in [-0.2, -0.15) is 0 Å². The first-order valence-electron chi connectivity index (χ1n) is 6.99. The molecule has 2 aliphatic rings. The van der Waals surface area contributed by atoms with Crippen LogP contribution in [0, 0.1) is 0 Å². The third-order valence-corrected chi connectivity index (χ3v) is 4.44. The molecule has 0 saturated carbocycles. The first-order chi connectivity index (χ1) is 9.72. The monoisotopic (exact) mass is 313 g/mol. The van der Waals surface area contributed by atoms with Gasteiger partial charge in [0.2, 0.25) is 0 Å². The quantitative estimate of drug-likeness (QED) is 0.625. The predicted molar refractivity (Wildman–Crippen MR) is 84.5 cm³/mol. The molecular formula is C14H20ClN3OS. The fraction of sp³-hybridized carbons (Fsp3) is 0.571. The molecule has 1 aromatic rings. The number of ether oxygens (including phenoxy) is 1. The number of halogens is 1. The Morgan fingerprint density at radius 1 is 1.10 bits per heavy atom. The van der Waals surface area contributed by atoms with Crippen molar-refractivity contribution in [2.45, 2.75) is 17.5 Å². The van der Waals surface area contributed by atoms with E-state index in [1.165, 1.54) is 11.1 Å². The Morgan fingerprint density at radius 3 is 2.55 bits per heavy atom. The van der Waals surface area contributed by atoms with Crippen LogP contribution in [-0.2, 0) is 4.74 Å². The van der Waals surface area contributed by atoms with E-state index >= 15 is 0 Å². The second-order valence-corrected chi connectivity index (χ2v) is 6.27. The second kappa shape index (κ2) is 6.64. The molecule has 2 aliphatic heterocycles. The Morgan fingerprint density at radius 2 is 1.85 bits per heavy atom. The van der Waals surface area contributed by atoms with Gasteiger partial charge in [-0.3, -0.25) is 10.6 Å². The van der Waals surface area contributed by atoms with E-state index in [1.54, 1.807) is 0 Å². The highest BCUT2D eigenvalue weighted by Gasteiger charge is 2.22. The number of hydrogen-bond donors (Lipinski definition) is 4. The van der Waals surface area contributed by atoms with Crippen molar-refractivity contribution in [1.29, 1.82) is 0 Å². The minimum Gasteiger partial charge on any atom is -0.378 e. The maximum Gasteiger partial charge on any atom is 0.103 e. The predicted octanol–water partition coefficient (Wildman–Crippen LogP) is 1.49. The van der Waals surface area contributed by atoms with E-state index < -0.39 is 0 Å². The summed E-state index contributed by atoms with van der Waals surface area (Å²) in [7, 11) is 0. The van der Waals surface area contributed by atoms with E-state index in [4.69, 9.17) is 16.3 Å². The molecule has 4 nitrogen and oxygen atoms in total. The van der Waals surface area contributed by atoms with Crippen LogP contribution in [-0.4, -0.2) is 38.3 Å². The number of benzene rings is 1. The Balaban J connectivity index is 1.79. The molecule has 20 heavy (non-hydrogen) atoms. The van der Waals surface area contributed by atoms with E-state index in [-0.39, 0.29) is 11.5 Å². The van der Waals surface area contributed by atoms with Crippen molar-refractivity contribution in [3.63, 3.8) is 0 Å². The second-order valence-electron chi connectivity index (χ2n) is 5.32. The van der Waals surface area contributed by atoms with Gasteiger partial charge in [0, 0.05) is 30.6 Å². The summed E-state index contributed by atoms with van der Waals surface area (Å²) in [5, 5.41) is 10.9. The molecule has 1 atom stereocenters. The zero-order valence-electron chi connectivity index (χ0n) is 11.2. The molecule has 3 rings (SSSR count). The molecule has 2 heterocycles. The summed E-state index contributed by atoms with van der Waals surface area (Å²) >= 11 is 10.7. The van der Waals surface area contributed by atoms with Crippen LogP contribution in [0.5, 0.6) is 0 Å². The highest BCUT2D eigenvalue weighted by molar-refractivity contribution is 7.80. The SMILES string of the molecule is SC1NCC(c2cc(Cl)cc(C3COCCN3)c2)CN1. The standard InChI is InChI=1S/C14H20ClN3OS/c15-12-4-9(11-6-17-14(20)18-7-11)3-10(5-12)13-8-19-2-1-16-13/h3-5,11,13-14,16-18,20H,1-2,6-8H2. The lowest BCUT2D eigenvalue weighted by Gasteiger charge is -2.30. The summed E-state index contributed by atoms with van der Waals surface area (Å²) in [6.45, 7) is 4.20. The fourth-order valence-electron chi connectivity index (χ4n) is 2.74. The van der Waals surface area contributed by atoms with Gasteiger partial charge >= 0.3 is 0 Å². The lowest BCUT2D eigenvalue weighted by molar-refractivity contribution is 0.0768. The summed E-state index contributed by atoms with van der Waals surface area (Å²) in [5.41, 5.74) is 2.55. The van der Waals surface area contributed by atoms with Crippen molar-refractivity contribution in [2.24, 2.45) is 0 Å². The first-order valence-corrected chi connectivity index (χ1v) is 7.88. The zero-order valence-corrected chi connectivity index (χ0v) is 12.9. The summed E-state index contributed by atoms with van der Waals surface area (Å²) in [5.74, 6) is 0.417. The normalized spacial score (nSPS) is 31.2. The highest BCUT2D eigenvalue weighted by Crippen LogP contribution is 2.27. The average molecular weight is 314 g/mol. The van der Waals surface area contributed by atoms with Crippen LogP contribution in [0.3, 0.4) is 0 Å². The van der Waals surface area contributed by atoms with Crippen LogP contribution in [0.1, 0.15) is 23.1 Å². The van der Waals surface area contributed by atoms with Crippen molar-refractivity contribution in [3.8, 4) is 0 Å². The van der Waals surface area contributed by atoms with Gasteiger partial charge < -0.3 is 10.1 Å². The molecule has 0 bridgehead atoms. The Bertz CT molecular complexity index is 460. The fourth-order valence-corrected chi connectivity index (χ4v) is 3.20. The summed E-state index contributed by atoms with van der Waals surface area (Å²) in [6, 6.07) is 6.57. The molecule has 1 aromatic carbocycles. The van der Waals surface area contributed by atoms with Crippen molar-refractivity contribution < 1.29 is 4.74 Å². The van der Waals surface area contributed by atoms with Crippen LogP contribution in [0.25, 0.3) is 0 Å². The number of rotatable bonds is 2. The van der Waals surface area contributed by atoms with E-state index in [9.17, 15) is 0 Å². The van der Waals surface area contributed by atoms with Crippen molar-refractivity contribution in [2.75, 3.05) is 32.8 Å². The number of morpholine rings is 1. The van der Waals surface area contributed by atoms with Crippen molar-refractivity contribution in [1.82, 2.24) is 16.0 Å². The van der Waals surface area contributed by atoms with Gasteiger partial charge in [0.25, 0.3) is 0 Å². The molecule has 0 aliphatic carbocycles. The summed E-state index contributed by atoms with van der Waals surface area (Å²) in [4.78, 5) is 0. The van der Waals surface area contributed by atoms with Crippen LogP contribution < -0.4 is 16.0 Å². The molecular weight excluding hydrogens is 294 g/mol. The van der Waals surface area contributed by atoms with Gasteiger partial charge in [0.1, 0.15) is 5.50 Å². The smallest absolute Gasteiger partial charge is 0.103 e. The third-order valence-electron chi connectivity index (χ3n) is 3.85. The third kappa shape index (κ3) is 3.47. The molecule has 3 N–H and O–H groups in total. The summed E-state index contributed by atoms with van der Waals surface area (Å²) in [6.07, 6.45) is 0. The number of nitrogens with one attached hydrogen (secondary N) is 3. The van der Waals surface area contributed by atoms with E-state index in [2.05, 4.69) is 40.7 Å². The molecule has 6 heteroatoms. The van der Waals surface area contributed by atoms with Crippen LogP contribution in [0.4, 0.5) is 0 Å². The van der Waals surface area contributed by atoms with Crippen LogP contribution in [0.2, 0.25) is 5.02 Å². The van der Waals surface area contributed by atoms with E-state index in [0.717, 1.165) is 31.3 Å². The lowest BCUT2D eigenvalue weighted by atomic mass is 9.94. The van der Waals surface area contributed by atoms with Crippen molar-refractivity contribution >= 4 is 24.2 Å². The van der Waals surface area contributed by atoms with Crippen molar-refractivity contribution in [3.05, 3.63) is 34.3 Å². The maximum atomic E-state index is 6.29. The van der Waals surface area contributed by atoms with Gasteiger partial charge in [-0.1, -0.05) is 17.7 Å². The van der Waals surface area contributed by atoms with Crippen LogP contribution >= 0.6 is 24.2 Å². The Labute approximate surface area is 130 Å². The minimum atomic E-state index is 0.0818. The van der Waals surface area contributed by atoms with E-state index in [1.807, 2.05) is 6.07 Å². The van der Waals surface area contributed by atoms with E-state index in [0.29, 0.717) is 12.5 Å². The lowest BCUT2D eigenvalue weighted by Crippen LogP contribution is -2.48. The molecule has 0 spiro atoms. The molecule has 110 valence electrons. The van der Waals surface area contributed by atoms with Gasteiger partial charge in [0.05, 0.1) is 19.3 Å². The molecule has 0 radical (unpaired) electrons. The Kier molecular flexibility index (Phi) is 4.86. The molecule has 0 amide bonds. The Hall–Kier alpha value is -0.300. The summed E-state index contributed by atoms with van der Waals surface area (Å²) < 4.78 is 5.54. The minimum absolute atomic E-state index is 0.0818. The topological polar surface area (TPSA) is 45.3 Å². The van der Waals surface area contributed by atoms with Crippen LogP contribution in [0.15, 0.2) is 18.2 Å². The largest absolute Gasteiger partial charge is 0.378 e. The highest BCUT2D eigenvalue weighted by atomic mass is 35.5. The zero-order chi connectivity index (χ0) is 13.9. The van der Waals surface area contributed by atoms with Gasteiger partial charge in [-0.05, 0) is 23.3 Å². The van der Waals surface area contributed by atoms with Gasteiger partial charge in [0.15, 0.2) is 0 Å². The van der Waals surface area contributed by atoms with Gasteiger partial charge in [-0.15, -0.1) is 12.6 Å². The number of thiol groups is 1. The average Bonchev–Trinajstić information content (AvgIpc) is 2.48. The maximum absolute atomic E-state index is 6.29. The molecule has 2 saturated heterocycles. The first kappa shape index (κ1) is 14.6. The number of hydrogen-bond acceptors (Lipinski definition) is 5. The molecule has 2 fully saturated rings. The molecule has 0 aromatic heterocycles.